The van der Waals surface area contributed by atoms with E-state index in [9.17, 15) is 0 Å². The molecule has 1 aromatic heterocycles. The molecule has 15 heavy (non-hydrogen) atoms. The second kappa shape index (κ2) is 4.29. The molecule has 1 aromatic carbocycles. The zero-order chi connectivity index (χ0) is 10.8. The van der Waals surface area contributed by atoms with Crippen molar-refractivity contribution < 1.29 is 0 Å². The van der Waals surface area contributed by atoms with E-state index in [-0.39, 0.29) is 0 Å². The number of hydrogen-bond acceptors (Lipinski definition) is 2. The van der Waals surface area contributed by atoms with Crippen LogP contribution < -0.4 is 0 Å². The maximum absolute atomic E-state index is 5.88. The average molecular weight is 284 g/mol. The molecule has 0 radical (unpaired) electrons. The summed E-state index contributed by atoms with van der Waals surface area (Å²) in [4.78, 5) is 8.35. The lowest BCUT2D eigenvalue weighted by molar-refractivity contribution is 1.06. The Balaban J connectivity index is 2.54. The Hall–Kier alpha value is -0.930. The zero-order valence-corrected chi connectivity index (χ0v) is 10.4. The Morgan fingerprint density at radius 1 is 1.20 bits per heavy atom. The molecule has 2 rings (SSSR count). The van der Waals surface area contributed by atoms with Crippen molar-refractivity contribution in [1.82, 2.24) is 9.97 Å². The zero-order valence-electron chi connectivity index (χ0n) is 8.04. The number of halogens is 2. The van der Waals surface area contributed by atoms with Crippen molar-refractivity contribution >= 4 is 27.5 Å². The highest BCUT2D eigenvalue weighted by Crippen LogP contribution is 2.22. The molecule has 0 aliphatic rings. The molecule has 1 heterocycles. The Kier molecular flexibility index (Phi) is 3.03. The van der Waals surface area contributed by atoms with Crippen molar-refractivity contribution in [3.05, 3.63) is 45.8 Å². The molecular weight excluding hydrogens is 275 g/mol. The predicted molar refractivity (Wildman–Crippen MR) is 64.9 cm³/mol. The molecule has 4 heteroatoms. The number of aromatic nitrogens is 2. The van der Waals surface area contributed by atoms with Crippen LogP contribution in [0.1, 0.15) is 5.82 Å². The third-order valence-electron chi connectivity index (χ3n) is 1.93. The fraction of sp³-hybridized carbons (Fsp3) is 0.0909. The molecule has 0 unspecified atom stereocenters. The molecule has 0 saturated carbocycles. The van der Waals surface area contributed by atoms with Gasteiger partial charge in [-0.15, -0.1) is 0 Å². The lowest BCUT2D eigenvalue weighted by Crippen LogP contribution is -1.91. The summed E-state index contributed by atoms with van der Waals surface area (Å²) in [6.45, 7) is 1.83. The van der Waals surface area contributed by atoms with Crippen LogP contribution in [0.4, 0.5) is 0 Å². The summed E-state index contributed by atoms with van der Waals surface area (Å²) < 4.78 is 1.02. The second-order valence-electron chi connectivity index (χ2n) is 3.13. The first-order valence-corrected chi connectivity index (χ1v) is 5.59. The van der Waals surface area contributed by atoms with Crippen LogP contribution in [-0.4, -0.2) is 9.97 Å². The largest absolute Gasteiger partial charge is 0.233 e. The molecule has 0 aliphatic heterocycles. The van der Waals surface area contributed by atoms with E-state index in [4.69, 9.17) is 11.6 Å². The van der Waals surface area contributed by atoms with Gasteiger partial charge in [-0.05, 0) is 19.1 Å². The quantitative estimate of drug-likeness (QED) is 0.743. The van der Waals surface area contributed by atoms with E-state index < -0.39 is 0 Å². The van der Waals surface area contributed by atoms with Gasteiger partial charge in [0, 0.05) is 16.1 Å². The number of nitrogens with zero attached hydrogens (tertiary/aromatic N) is 2. The van der Waals surface area contributed by atoms with Gasteiger partial charge < -0.3 is 0 Å². The van der Waals surface area contributed by atoms with Crippen LogP contribution in [0.2, 0.25) is 5.15 Å². The Labute approximate surface area is 101 Å². The first-order chi connectivity index (χ1) is 7.15. The Bertz CT molecular complexity index is 479. The van der Waals surface area contributed by atoms with Crippen molar-refractivity contribution in [3.8, 4) is 11.3 Å². The highest BCUT2D eigenvalue weighted by atomic mass is 79.9. The van der Waals surface area contributed by atoms with Crippen molar-refractivity contribution in [2.24, 2.45) is 0 Å². The van der Waals surface area contributed by atoms with E-state index in [1.165, 1.54) is 0 Å². The monoisotopic (exact) mass is 282 g/mol. The minimum absolute atomic E-state index is 0.470. The van der Waals surface area contributed by atoms with Crippen molar-refractivity contribution in [1.29, 1.82) is 0 Å². The van der Waals surface area contributed by atoms with E-state index in [1.54, 1.807) is 6.07 Å². The van der Waals surface area contributed by atoms with Gasteiger partial charge in [0.05, 0.1) is 5.69 Å². The van der Waals surface area contributed by atoms with Crippen LogP contribution in [0.25, 0.3) is 11.3 Å². The van der Waals surface area contributed by atoms with Crippen molar-refractivity contribution in [3.63, 3.8) is 0 Å². The number of benzene rings is 1. The molecule has 0 fully saturated rings. The Morgan fingerprint density at radius 3 is 2.67 bits per heavy atom. The van der Waals surface area contributed by atoms with E-state index in [1.807, 2.05) is 31.2 Å². The van der Waals surface area contributed by atoms with Crippen molar-refractivity contribution in [2.75, 3.05) is 0 Å². The normalized spacial score (nSPS) is 10.3. The van der Waals surface area contributed by atoms with Crippen molar-refractivity contribution in [2.45, 2.75) is 6.92 Å². The summed E-state index contributed by atoms with van der Waals surface area (Å²) in [5.74, 6) is 0.678. The third-order valence-corrected chi connectivity index (χ3v) is 2.61. The molecule has 0 spiro atoms. The van der Waals surface area contributed by atoms with Gasteiger partial charge in [-0.2, -0.15) is 0 Å². The molecule has 0 saturated heterocycles. The van der Waals surface area contributed by atoms with Gasteiger partial charge in [0.15, 0.2) is 0 Å². The van der Waals surface area contributed by atoms with Gasteiger partial charge in [-0.1, -0.05) is 39.7 Å². The highest BCUT2D eigenvalue weighted by molar-refractivity contribution is 9.10. The van der Waals surface area contributed by atoms with Crippen LogP contribution in [-0.2, 0) is 0 Å². The summed E-state index contributed by atoms with van der Waals surface area (Å²) in [6.07, 6.45) is 0. The molecule has 2 aromatic rings. The van der Waals surface area contributed by atoms with E-state index in [0.29, 0.717) is 11.0 Å². The molecule has 76 valence electrons. The maximum Gasteiger partial charge on any atom is 0.133 e. The Morgan fingerprint density at radius 2 is 2.00 bits per heavy atom. The van der Waals surface area contributed by atoms with Gasteiger partial charge in [0.2, 0.25) is 0 Å². The minimum atomic E-state index is 0.470. The SMILES string of the molecule is Cc1nc(Cl)cc(-c2cccc(Br)c2)n1. The average Bonchev–Trinajstić information content (AvgIpc) is 2.16. The number of aryl methyl sites for hydroxylation is 1. The summed E-state index contributed by atoms with van der Waals surface area (Å²) in [5, 5.41) is 0.470. The summed E-state index contributed by atoms with van der Waals surface area (Å²) in [5.41, 5.74) is 1.87. The predicted octanol–water partition coefficient (Wildman–Crippen LogP) is 3.87. The van der Waals surface area contributed by atoms with Gasteiger partial charge in [-0.3, -0.25) is 0 Å². The molecule has 0 aliphatic carbocycles. The van der Waals surface area contributed by atoms with Gasteiger partial charge in [0.1, 0.15) is 11.0 Å². The summed E-state index contributed by atoms with van der Waals surface area (Å²) in [7, 11) is 0. The number of hydrogen-bond donors (Lipinski definition) is 0. The highest BCUT2D eigenvalue weighted by Gasteiger charge is 2.03. The first-order valence-electron chi connectivity index (χ1n) is 4.42. The second-order valence-corrected chi connectivity index (χ2v) is 4.44. The molecule has 0 N–H and O–H groups in total. The number of rotatable bonds is 1. The fourth-order valence-electron chi connectivity index (χ4n) is 1.33. The van der Waals surface area contributed by atoms with Crippen LogP contribution in [0.15, 0.2) is 34.8 Å². The molecule has 2 nitrogen and oxygen atoms in total. The first kappa shape index (κ1) is 10.6. The van der Waals surface area contributed by atoms with E-state index in [2.05, 4.69) is 25.9 Å². The van der Waals surface area contributed by atoms with Crippen LogP contribution in [0.5, 0.6) is 0 Å². The molecule has 0 bridgehead atoms. The van der Waals surface area contributed by atoms with Crippen LogP contribution in [0.3, 0.4) is 0 Å². The standard InChI is InChI=1S/C11H8BrClN2/c1-7-14-10(6-11(13)15-7)8-3-2-4-9(12)5-8/h2-6H,1H3. The van der Waals surface area contributed by atoms with Gasteiger partial charge in [0.25, 0.3) is 0 Å². The van der Waals surface area contributed by atoms with Gasteiger partial charge in [-0.25, -0.2) is 9.97 Å². The smallest absolute Gasteiger partial charge is 0.133 e. The molecular formula is C11H8BrClN2. The summed E-state index contributed by atoms with van der Waals surface area (Å²) >= 11 is 9.30. The lowest BCUT2D eigenvalue weighted by atomic mass is 10.1. The lowest BCUT2D eigenvalue weighted by Gasteiger charge is -2.02. The third kappa shape index (κ3) is 2.55. The van der Waals surface area contributed by atoms with E-state index in [0.717, 1.165) is 15.7 Å². The fourth-order valence-corrected chi connectivity index (χ4v) is 1.95. The maximum atomic E-state index is 5.88. The molecule has 0 amide bonds. The van der Waals surface area contributed by atoms with Crippen LogP contribution in [0, 0.1) is 6.92 Å². The topological polar surface area (TPSA) is 25.8 Å². The molecule has 0 atom stereocenters. The van der Waals surface area contributed by atoms with Crippen LogP contribution >= 0.6 is 27.5 Å². The minimum Gasteiger partial charge on any atom is -0.233 e. The summed E-state index contributed by atoms with van der Waals surface area (Å²) in [6, 6.07) is 9.68. The van der Waals surface area contributed by atoms with Gasteiger partial charge >= 0.3 is 0 Å². The van der Waals surface area contributed by atoms with E-state index >= 15 is 0 Å².